The van der Waals surface area contributed by atoms with Gasteiger partial charge in [-0.05, 0) is 56.5 Å². The molecule has 5 heteroatoms. The molecule has 2 aromatic rings. The van der Waals surface area contributed by atoms with Gasteiger partial charge >= 0.3 is 0 Å². The molecule has 2 saturated heterocycles. The number of benzene rings is 2. The Hall–Kier alpha value is -2.04. The first-order valence-electron chi connectivity index (χ1n) is 9.52. The summed E-state index contributed by atoms with van der Waals surface area (Å²) in [6.07, 6.45) is 3.28. The number of halogens is 1. The zero-order valence-electron chi connectivity index (χ0n) is 15.7. The molecule has 2 aliphatic rings. The molecule has 2 bridgehead atoms. The molecule has 0 saturated carbocycles. The summed E-state index contributed by atoms with van der Waals surface area (Å²) in [7, 11) is 0. The quantitative estimate of drug-likeness (QED) is 0.864. The van der Waals surface area contributed by atoms with Crippen molar-refractivity contribution in [2.75, 3.05) is 13.1 Å². The predicted molar refractivity (Wildman–Crippen MR) is 110 cm³/mol. The standard InChI is InChI=1S/C22H26N2O2.ClH/c1-16-4-2-5-17(12-16)15-26-21-7-3-6-18(13-21)22(25)24-19-8-9-20(24)14-23-11-10-19;/h2-7,12-13,19-20,23H,8-11,14-15H2,1H3;1H. The highest BCUT2D eigenvalue weighted by molar-refractivity contribution is 5.95. The summed E-state index contributed by atoms with van der Waals surface area (Å²) in [4.78, 5) is 15.2. The average Bonchev–Trinajstić information content (AvgIpc) is 2.92. The van der Waals surface area contributed by atoms with Crippen molar-refractivity contribution in [1.82, 2.24) is 10.2 Å². The van der Waals surface area contributed by atoms with Crippen molar-refractivity contribution in [1.29, 1.82) is 0 Å². The van der Waals surface area contributed by atoms with Crippen LogP contribution in [0.15, 0.2) is 48.5 Å². The van der Waals surface area contributed by atoms with Gasteiger partial charge in [0.15, 0.2) is 0 Å². The highest BCUT2D eigenvalue weighted by Crippen LogP contribution is 2.30. The van der Waals surface area contributed by atoms with Gasteiger partial charge in [0, 0.05) is 24.2 Å². The summed E-state index contributed by atoms with van der Waals surface area (Å²) in [5.74, 6) is 0.889. The molecule has 1 amide bonds. The summed E-state index contributed by atoms with van der Waals surface area (Å²) in [5, 5.41) is 3.45. The van der Waals surface area contributed by atoms with Gasteiger partial charge in [0.2, 0.25) is 0 Å². The monoisotopic (exact) mass is 386 g/mol. The molecule has 1 N–H and O–H groups in total. The van der Waals surface area contributed by atoms with Crippen LogP contribution in [0.2, 0.25) is 0 Å². The van der Waals surface area contributed by atoms with E-state index in [1.165, 1.54) is 5.56 Å². The molecule has 4 rings (SSSR count). The van der Waals surface area contributed by atoms with Gasteiger partial charge in [-0.15, -0.1) is 12.4 Å². The number of amides is 1. The Bertz CT molecular complexity index is 781. The molecule has 2 aliphatic heterocycles. The number of hydrogen-bond donors (Lipinski definition) is 1. The van der Waals surface area contributed by atoms with E-state index in [9.17, 15) is 4.79 Å². The minimum Gasteiger partial charge on any atom is -0.489 e. The van der Waals surface area contributed by atoms with Crippen LogP contribution in [0.3, 0.4) is 0 Å². The van der Waals surface area contributed by atoms with Crippen LogP contribution in [0.1, 0.15) is 40.7 Å². The van der Waals surface area contributed by atoms with Crippen LogP contribution in [0, 0.1) is 6.92 Å². The van der Waals surface area contributed by atoms with E-state index in [0.717, 1.165) is 49.2 Å². The molecule has 0 aliphatic carbocycles. The van der Waals surface area contributed by atoms with Gasteiger partial charge in [0.25, 0.3) is 5.91 Å². The highest BCUT2D eigenvalue weighted by Gasteiger charge is 2.38. The average molecular weight is 387 g/mol. The maximum atomic E-state index is 13.1. The first-order chi connectivity index (χ1) is 12.7. The molecule has 0 radical (unpaired) electrons. The molecule has 0 aromatic heterocycles. The topological polar surface area (TPSA) is 41.6 Å². The largest absolute Gasteiger partial charge is 0.489 e. The molecular weight excluding hydrogens is 360 g/mol. The van der Waals surface area contributed by atoms with E-state index >= 15 is 0 Å². The van der Waals surface area contributed by atoms with Crippen LogP contribution in [-0.4, -0.2) is 36.0 Å². The Morgan fingerprint density at radius 1 is 1.11 bits per heavy atom. The first kappa shape index (κ1) is 19.7. The van der Waals surface area contributed by atoms with Crippen molar-refractivity contribution in [3.05, 3.63) is 65.2 Å². The smallest absolute Gasteiger partial charge is 0.254 e. The molecule has 144 valence electrons. The molecule has 2 atom stereocenters. The lowest BCUT2D eigenvalue weighted by Crippen LogP contribution is -2.42. The Morgan fingerprint density at radius 3 is 2.78 bits per heavy atom. The summed E-state index contributed by atoms with van der Waals surface area (Å²) >= 11 is 0. The number of carbonyl (C=O) groups excluding carboxylic acids is 1. The molecule has 27 heavy (non-hydrogen) atoms. The number of hydrogen-bond acceptors (Lipinski definition) is 3. The van der Waals surface area contributed by atoms with E-state index in [0.29, 0.717) is 18.7 Å². The zero-order chi connectivity index (χ0) is 17.9. The van der Waals surface area contributed by atoms with Crippen LogP contribution in [0.5, 0.6) is 5.75 Å². The predicted octanol–water partition coefficient (Wildman–Crippen LogP) is 3.96. The summed E-state index contributed by atoms with van der Waals surface area (Å²) < 4.78 is 5.94. The molecule has 0 spiro atoms. The van der Waals surface area contributed by atoms with Gasteiger partial charge < -0.3 is 15.0 Å². The molecular formula is C22H27ClN2O2. The highest BCUT2D eigenvalue weighted by atomic mass is 35.5. The second-order valence-corrected chi connectivity index (χ2v) is 7.40. The Kier molecular flexibility index (Phi) is 6.40. The lowest BCUT2D eigenvalue weighted by molar-refractivity contribution is 0.0680. The van der Waals surface area contributed by atoms with Crippen LogP contribution in [0.25, 0.3) is 0 Å². The summed E-state index contributed by atoms with van der Waals surface area (Å²) in [5.41, 5.74) is 3.09. The number of aryl methyl sites for hydroxylation is 1. The summed E-state index contributed by atoms with van der Waals surface area (Å²) in [6, 6.07) is 16.6. The third-order valence-corrected chi connectivity index (χ3v) is 5.46. The van der Waals surface area contributed by atoms with Crippen LogP contribution < -0.4 is 10.1 Å². The Balaban J connectivity index is 0.00000210. The number of nitrogens with zero attached hydrogens (tertiary/aromatic N) is 1. The van der Waals surface area contributed by atoms with Gasteiger partial charge in [-0.1, -0.05) is 35.9 Å². The van der Waals surface area contributed by atoms with E-state index in [-0.39, 0.29) is 18.3 Å². The number of nitrogens with one attached hydrogen (secondary N) is 1. The maximum Gasteiger partial charge on any atom is 0.254 e. The fourth-order valence-electron chi connectivity index (χ4n) is 4.15. The van der Waals surface area contributed by atoms with Crippen molar-refractivity contribution in [2.24, 2.45) is 0 Å². The van der Waals surface area contributed by atoms with Crippen molar-refractivity contribution in [3.63, 3.8) is 0 Å². The molecule has 4 nitrogen and oxygen atoms in total. The number of ether oxygens (including phenoxy) is 1. The summed E-state index contributed by atoms with van der Waals surface area (Å²) in [6.45, 7) is 4.50. The minimum atomic E-state index is 0. The van der Waals surface area contributed by atoms with E-state index in [1.807, 2.05) is 30.3 Å². The van der Waals surface area contributed by atoms with E-state index in [1.54, 1.807) is 0 Å². The second kappa shape index (κ2) is 8.77. The Morgan fingerprint density at radius 2 is 1.93 bits per heavy atom. The molecule has 2 aromatic carbocycles. The van der Waals surface area contributed by atoms with E-state index < -0.39 is 0 Å². The number of fused-ring (bicyclic) bond motifs is 2. The van der Waals surface area contributed by atoms with Crippen LogP contribution >= 0.6 is 12.4 Å². The van der Waals surface area contributed by atoms with Crippen molar-refractivity contribution in [2.45, 2.75) is 44.9 Å². The number of carbonyl (C=O) groups is 1. The Labute approximate surface area is 167 Å². The van der Waals surface area contributed by atoms with E-state index in [4.69, 9.17) is 4.74 Å². The second-order valence-electron chi connectivity index (χ2n) is 7.40. The fraction of sp³-hybridized carbons (Fsp3) is 0.409. The fourth-order valence-corrected chi connectivity index (χ4v) is 4.15. The molecule has 2 heterocycles. The maximum absolute atomic E-state index is 13.1. The lowest BCUT2D eigenvalue weighted by Gasteiger charge is -2.28. The molecule has 2 fully saturated rings. The van der Waals surface area contributed by atoms with E-state index in [2.05, 4.69) is 35.3 Å². The lowest BCUT2D eigenvalue weighted by atomic mass is 10.1. The van der Waals surface area contributed by atoms with Crippen molar-refractivity contribution >= 4 is 18.3 Å². The third-order valence-electron chi connectivity index (χ3n) is 5.46. The first-order valence-corrected chi connectivity index (χ1v) is 9.52. The van der Waals surface area contributed by atoms with Gasteiger partial charge in [-0.3, -0.25) is 4.79 Å². The van der Waals surface area contributed by atoms with Crippen LogP contribution in [-0.2, 0) is 6.61 Å². The zero-order valence-corrected chi connectivity index (χ0v) is 16.5. The van der Waals surface area contributed by atoms with Gasteiger partial charge in [-0.25, -0.2) is 0 Å². The van der Waals surface area contributed by atoms with Crippen molar-refractivity contribution < 1.29 is 9.53 Å². The van der Waals surface area contributed by atoms with Gasteiger partial charge in [0.1, 0.15) is 12.4 Å². The van der Waals surface area contributed by atoms with Gasteiger partial charge in [-0.2, -0.15) is 0 Å². The SMILES string of the molecule is Cc1cccc(COc2cccc(C(=O)N3C4CCNCC3CC4)c2)c1.Cl. The third kappa shape index (κ3) is 4.45. The normalized spacial score (nSPS) is 21.3. The van der Waals surface area contributed by atoms with Crippen molar-refractivity contribution in [3.8, 4) is 5.75 Å². The number of rotatable bonds is 4. The van der Waals surface area contributed by atoms with Crippen LogP contribution in [0.4, 0.5) is 0 Å². The molecule has 2 unspecified atom stereocenters. The minimum absolute atomic E-state index is 0. The van der Waals surface area contributed by atoms with Gasteiger partial charge in [0.05, 0.1) is 0 Å².